The van der Waals surface area contributed by atoms with Gasteiger partial charge in [-0.3, -0.25) is 0 Å². The molecule has 0 unspecified atom stereocenters. The average Bonchev–Trinajstić information content (AvgIpc) is 2.68. The van der Waals surface area contributed by atoms with Gasteiger partial charge in [-0.1, -0.05) is 0 Å². The van der Waals surface area contributed by atoms with Crippen molar-refractivity contribution in [2.75, 3.05) is 18.9 Å². The summed E-state index contributed by atoms with van der Waals surface area (Å²) < 4.78 is 17.6. The van der Waals surface area contributed by atoms with E-state index in [4.69, 9.17) is 19.9 Å². The standard InChI is InChI=1S/C21H18INO4/c22-16-3-1-15(2-4-16)21(24)27-20-11-9-19(10-12-20)26-14-13-25-18-7-5-17(23)6-8-18/h1-12H,13-14,23H2. The predicted octanol–water partition coefficient (Wildman–Crippen LogP) is 4.55. The first-order chi connectivity index (χ1) is 13.1. The molecule has 0 fully saturated rings. The van der Waals surface area contributed by atoms with E-state index in [1.54, 1.807) is 48.5 Å². The molecule has 0 bridgehead atoms. The van der Waals surface area contributed by atoms with Crippen molar-refractivity contribution < 1.29 is 19.0 Å². The number of hydrogen-bond acceptors (Lipinski definition) is 5. The number of hydrogen-bond donors (Lipinski definition) is 1. The van der Waals surface area contributed by atoms with Crippen LogP contribution in [0.3, 0.4) is 0 Å². The second-order valence-electron chi connectivity index (χ2n) is 5.63. The molecule has 27 heavy (non-hydrogen) atoms. The second kappa shape index (κ2) is 9.27. The molecule has 0 heterocycles. The number of halogens is 1. The van der Waals surface area contributed by atoms with Gasteiger partial charge >= 0.3 is 5.97 Å². The number of nitrogens with two attached hydrogens (primary N) is 1. The van der Waals surface area contributed by atoms with Gasteiger partial charge in [0.1, 0.15) is 30.5 Å². The normalized spacial score (nSPS) is 10.3. The molecule has 0 atom stereocenters. The lowest BCUT2D eigenvalue weighted by atomic mass is 10.2. The number of carbonyl (C=O) groups excluding carboxylic acids is 1. The van der Waals surface area contributed by atoms with Crippen LogP contribution in [0, 0.1) is 3.57 Å². The second-order valence-corrected chi connectivity index (χ2v) is 6.88. The lowest BCUT2D eigenvalue weighted by Crippen LogP contribution is -2.09. The predicted molar refractivity (Wildman–Crippen MR) is 112 cm³/mol. The van der Waals surface area contributed by atoms with Crippen LogP contribution in [0.25, 0.3) is 0 Å². The van der Waals surface area contributed by atoms with E-state index in [1.165, 1.54) is 0 Å². The number of anilines is 1. The lowest BCUT2D eigenvalue weighted by molar-refractivity contribution is 0.0734. The molecule has 6 heteroatoms. The molecule has 5 nitrogen and oxygen atoms in total. The van der Waals surface area contributed by atoms with Crippen LogP contribution in [0.2, 0.25) is 0 Å². The molecule has 0 saturated heterocycles. The van der Waals surface area contributed by atoms with E-state index in [0.29, 0.717) is 36.0 Å². The van der Waals surface area contributed by atoms with Crippen molar-refractivity contribution in [3.63, 3.8) is 0 Å². The van der Waals surface area contributed by atoms with Crippen molar-refractivity contribution in [1.82, 2.24) is 0 Å². The molecule has 0 saturated carbocycles. The first-order valence-corrected chi connectivity index (χ1v) is 9.37. The Bertz CT molecular complexity index is 878. The minimum absolute atomic E-state index is 0.392. The van der Waals surface area contributed by atoms with Gasteiger partial charge in [-0.15, -0.1) is 0 Å². The molecule has 0 amide bonds. The van der Waals surface area contributed by atoms with Crippen LogP contribution >= 0.6 is 22.6 Å². The fraction of sp³-hybridized carbons (Fsp3) is 0.0952. The van der Waals surface area contributed by atoms with Crippen molar-refractivity contribution in [3.8, 4) is 17.2 Å². The summed E-state index contributed by atoms with van der Waals surface area (Å²) in [7, 11) is 0. The molecule has 0 aliphatic heterocycles. The molecule has 0 radical (unpaired) electrons. The third kappa shape index (κ3) is 5.89. The summed E-state index contributed by atoms with van der Waals surface area (Å²) >= 11 is 2.19. The summed E-state index contributed by atoms with van der Waals surface area (Å²) in [5, 5.41) is 0. The molecular formula is C21H18INO4. The van der Waals surface area contributed by atoms with Crippen LogP contribution in [0.1, 0.15) is 10.4 Å². The van der Waals surface area contributed by atoms with E-state index < -0.39 is 5.97 Å². The van der Waals surface area contributed by atoms with E-state index in [1.807, 2.05) is 24.3 Å². The summed E-state index contributed by atoms with van der Waals surface area (Å²) in [6.45, 7) is 0.805. The van der Waals surface area contributed by atoms with E-state index in [0.717, 1.165) is 9.32 Å². The number of ether oxygens (including phenoxy) is 3. The summed E-state index contributed by atoms with van der Waals surface area (Å²) in [6.07, 6.45) is 0. The number of rotatable bonds is 7. The fourth-order valence-electron chi connectivity index (χ4n) is 2.24. The van der Waals surface area contributed by atoms with Crippen LogP contribution < -0.4 is 19.9 Å². The zero-order valence-electron chi connectivity index (χ0n) is 14.4. The third-order valence-electron chi connectivity index (χ3n) is 3.62. The highest BCUT2D eigenvalue weighted by atomic mass is 127. The number of nitrogen functional groups attached to an aromatic ring is 1. The van der Waals surface area contributed by atoms with Gasteiger partial charge in [0.2, 0.25) is 0 Å². The van der Waals surface area contributed by atoms with Gasteiger partial charge in [-0.25, -0.2) is 4.79 Å². The van der Waals surface area contributed by atoms with Crippen LogP contribution in [0.4, 0.5) is 5.69 Å². The van der Waals surface area contributed by atoms with Gasteiger partial charge in [0, 0.05) is 9.26 Å². The van der Waals surface area contributed by atoms with Crippen LogP contribution in [0.15, 0.2) is 72.8 Å². The van der Waals surface area contributed by atoms with Crippen molar-refractivity contribution in [1.29, 1.82) is 0 Å². The van der Waals surface area contributed by atoms with Crippen LogP contribution in [-0.4, -0.2) is 19.2 Å². The Morgan fingerprint density at radius 3 is 1.78 bits per heavy atom. The summed E-state index contributed by atoms with van der Waals surface area (Å²) in [4.78, 5) is 12.1. The smallest absolute Gasteiger partial charge is 0.343 e. The molecular weight excluding hydrogens is 457 g/mol. The third-order valence-corrected chi connectivity index (χ3v) is 4.33. The summed E-state index contributed by atoms with van der Waals surface area (Å²) in [5.74, 6) is 1.48. The Hall–Kier alpha value is -2.74. The summed E-state index contributed by atoms with van der Waals surface area (Å²) in [5.41, 5.74) is 6.83. The molecule has 2 N–H and O–H groups in total. The maximum absolute atomic E-state index is 12.1. The first kappa shape index (κ1) is 19.0. The maximum atomic E-state index is 12.1. The Morgan fingerprint density at radius 2 is 1.22 bits per heavy atom. The SMILES string of the molecule is Nc1ccc(OCCOc2ccc(OC(=O)c3ccc(I)cc3)cc2)cc1. The Labute approximate surface area is 171 Å². The minimum atomic E-state index is -0.392. The quantitative estimate of drug-likeness (QED) is 0.179. The van der Waals surface area contributed by atoms with Gasteiger partial charge in [0.15, 0.2) is 0 Å². The molecule has 3 aromatic carbocycles. The van der Waals surface area contributed by atoms with E-state index in [2.05, 4.69) is 22.6 Å². The number of benzene rings is 3. The zero-order valence-corrected chi connectivity index (χ0v) is 16.6. The highest BCUT2D eigenvalue weighted by molar-refractivity contribution is 14.1. The molecule has 0 spiro atoms. The van der Waals surface area contributed by atoms with Crippen LogP contribution in [0.5, 0.6) is 17.2 Å². The van der Waals surface area contributed by atoms with Crippen molar-refractivity contribution in [3.05, 3.63) is 81.9 Å². The van der Waals surface area contributed by atoms with Gasteiger partial charge in [0.25, 0.3) is 0 Å². The Kier molecular flexibility index (Phi) is 6.54. The first-order valence-electron chi connectivity index (χ1n) is 8.29. The largest absolute Gasteiger partial charge is 0.490 e. The Balaban J connectivity index is 1.45. The highest BCUT2D eigenvalue weighted by Gasteiger charge is 2.08. The van der Waals surface area contributed by atoms with Gasteiger partial charge < -0.3 is 19.9 Å². The van der Waals surface area contributed by atoms with E-state index >= 15 is 0 Å². The summed E-state index contributed by atoms with van der Waals surface area (Å²) in [6, 6.07) is 21.3. The molecule has 3 rings (SSSR count). The fourth-order valence-corrected chi connectivity index (χ4v) is 2.60. The lowest BCUT2D eigenvalue weighted by Gasteiger charge is -2.09. The molecule has 0 aliphatic rings. The average molecular weight is 475 g/mol. The van der Waals surface area contributed by atoms with E-state index in [9.17, 15) is 4.79 Å². The molecule has 138 valence electrons. The maximum Gasteiger partial charge on any atom is 0.343 e. The topological polar surface area (TPSA) is 70.8 Å². The number of esters is 1. The van der Waals surface area contributed by atoms with Crippen molar-refractivity contribution >= 4 is 34.2 Å². The monoisotopic (exact) mass is 475 g/mol. The van der Waals surface area contributed by atoms with Gasteiger partial charge in [-0.2, -0.15) is 0 Å². The van der Waals surface area contributed by atoms with Crippen LogP contribution in [-0.2, 0) is 0 Å². The minimum Gasteiger partial charge on any atom is -0.490 e. The zero-order chi connectivity index (χ0) is 19.1. The van der Waals surface area contributed by atoms with Crippen molar-refractivity contribution in [2.24, 2.45) is 0 Å². The van der Waals surface area contributed by atoms with Crippen molar-refractivity contribution in [2.45, 2.75) is 0 Å². The molecule has 0 aliphatic carbocycles. The number of carbonyl (C=O) groups is 1. The molecule has 0 aromatic heterocycles. The van der Waals surface area contributed by atoms with Gasteiger partial charge in [0.05, 0.1) is 5.56 Å². The van der Waals surface area contributed by atoms with E-state index in [-0.39, 0.29) is 0 Å². The Morgan fingerprint density at radius 1 is 0.741 bits per heavy atom. The van der Waals surface area contributed by atoms with Gasteiger partial charge in [-0.05, 0) is 95.4 Å². The highest BCUT2D eigenvalue weighted by Crippen LogP contribution is 2.19. The molecule has 3 aromatic rings.